The van der Waals surface area contributed by atoms with Crippen LogP contribution >= 0.6 is 57.5 Å². The second-order valence-electron chi connectivity index (χ2n) is 5.97. The molecule has 0 bridgehead atoms. The molecule has 1 amide bonds. The number of anilines is 1. The highest BCUT2D eigenvalue weighted by Crippen LogP contribution is 2.41. The van der Waals surface area contributed by atoms with Crippen LogP contribution in [-0.4, -0.2) is 28.9 Å². The lowest BCUT2D eigenvalue weighted by Gasteiger charge is -2.23. The zero-order valence-corrected chi connectivity index (χ0v) is 17.6. The summed E-state index contributed by atoms with van der Waals surface area (Å²) in [5.74, 6) is -0.276. The highest BCUT2D eigenvalue weighted by Gasteiger charge is 2.23. The van der Waals surface area contributed by atoms with Gasteiger partial charge in [0.2, 0.25) is 0 Å². The van der Waals surface area contributed by atoms with Crippen molar-refractivity contribution in [1.82, 2.24) is 9.88 Å². The molecule has 26 heavy (non-hydrogen) atoms. The number of nitrogens with zero attached hydrogens (tertiary/aromatic N) is 2. The third-order valence-corrected chi connectivity index (χ3v) is 7.47. The van der Waals surface area contributed by atoms with Crippen molar-refractivity contribution >= 4 is 78.6 Å². The van der Waals surface area contributed by atoms with Crippen molar-refractivity contribution in [2.24, 2.45) is 0 Å². The van der Waals surface area contributed by atoms with E-state index in [0.717, 1.165) is 36.4 Å². The Morgan fingerprint density at radius 2 is 2.12 bits per heavy atom. The van der Waals surface area contributed by atoms with Crippen molar-refractivity contribution in [3.05, 3.63) is 42.6 Å². The van der Waals surface area contributed by atoms with E-state index in [1.54, 1.807) is 12.1 Å². The van der Waals surface area contributed by atoms with Crippen LogP contribution < -0.4 is 5.32 Å². The van der Waals surface area contributed by atoms with Crippen LogP contribution in [0.3, 0.4) is 0 Å². The molecule has 0 fully saturated rings. The average molecular weight is 447 g/mol. The number of halogens is 3. The standard InChI is InChI=1S/C17H14Cl3N3OS2/c1-2-23-4-3-10-12(7-23)26-17(21-10)22-16(24)15-14(20)13-9(19)5-8(18)6-11(13)25-15/h5-6H,2-4,7H2,1H3,(H,21,22,24). The molecule has 0 saturated heterocycles. The smallest absolute Gasteiger partial charge is 0.269 e. The van der Waals surface area contributed by atoms with Gasteiger partial charge in [-0.05, 0) is 18.7 Å². The van der Waals surface area contributed by atoms with Crippen LogP contribution in [0.4, 0.5) is 5.13 Å². The molecule has 0 saturated carbocycles. The summed E-state index contributed by atoms with van der Waals surface area (Å²) in [6.07, 6.45) is 0.910. The van der Waals surface area contributed by atoms with E-state index in [-0.39, 0.29) is 5.91 Å². The van der Waals surface area contributed by atoms with Crippen LogP contribution in [0, 0.1) is 0 Å². The fourth-order valence-corrected chi connectivity index (χ4v) is 6.30. The Hall–Kier alpha value is -0.890. The van der Waals surface area contributed by atoms with Crippen molar-refractivity contribution < 1.29 is 4.79 Å². The predicted octanol–water partition coefficient (Wildman–Crippen LogP) is 5.95. The number of rotatable bonds is 3. The third kappa shape index (κ3) is 3.35. The molecule has 2 aromatic heterocycles. The van der Waals surface area contributed by atoms with Crippen molar-refractivity contribution in [1.29, 1.82) is 0 Å². The molecular formula is C17H14Cl3N3OS2. The summed E-state index contributed by atoms with van der Waals surface area (Å²) in [6, 6.07) is 3.39. The van der Waals surface area contributed by atoms with Crippen LogP contribution in [0.5, 0.6) is 0 Å². The number of nitrogens with one attached hydrogen (secondary N) is 1. The summed E-state index contributed by atoms with van der Waals surface area (Å²) in [5, 5.41) is 5.45. The summed E-state index contributed by atoms with van der Waals surface area (Å²) in [6.45, 7) is 5.05. The zero-order valence-electron chi connectivity index (χ0n) is 13.7. The molecule has 1 aliphatic rings. The van der Waals surface area contributed by atoms with Crippen molar-refractivity contribution in [2.45, 2.75) is 19.9 Å². The molecule has 1 aromatic carbocycles. The van der Waals surface area contributed by atoms with Gasteiger partial charge < -0.3 is 0 Å². The predicted molar refractivity (Wildman–Crippen MR) is 112 cm³/mol. The lowest BCUT2D eigenvalue weighted by atomic mass is 10.2. The largest absolute Gasteiger partial charge is 0.298 e. The number of thiophene rings is 1. The summed E-state index contributed by atoms with van der Waals surface area (Å²) in [4.78, 5) is 21.3. The molecule has 0 aliphatic carbocycles. The van der Waals surface area contributed by atoms with E-state index in [2.05, 4.69) is 22.1 Å². The van der Waals surface area contributed by atoms with Gasteiger partial charge in [0, 0.05) is 39.5 Å². The molecular weight excluding hydrogens is 433 g/mol. The minimum Gasteiger partial charge on any atom is -0.298 e. The maximum Gasteiger partial charge on any atom is 0.269 e. The van der Waals surface area contributed by atoms with Crippen molar-refractivity contribution in [2.75, 3.05) is 18.4 Å². The van der Waals surface area contributed by atoms with E-state index in [4.69, 9.17) is 34.8 Å². The number of likely N-dealkylation sites (N-methyl/N-ethyl adjacent to an activating group) is 1. The first kappa shape index (κ1) is 18.5. The van der Waals surface area contributed by atoms with E-state index in [1.165, 1.54) is 27.6 Å². The summed E-state index contributed by atoms with van der Waals surface area (Å²) >= 11 is 21.5. The summed E-state index contributed by atoms with van der Waals surface area (Å²) in [5.41, 5.74) is 1.08. The number of aromatic nitrogens is 1. The number of hydrogen-bond donors (Lipinski definition) is 1. The number of amides is 1. The molecule has 0 atom stereocenters. The van der Waals surface area contributed by atoms with E-state index in [9.17, 15) is 4.79 Å². The van der Waals surface area contributed by atoms with Crippen LogP contribution in [0.2, 0.25) is 15.1 Å². The number of benzene rings is 1. The van der Waals surface area contributed by atoms with Gasteiger partial charge in [0.25, 0.3) is 5.91 Å². The number of hydrogen-bond acceptors (Lipinski definition) is 5. The Balaban J connectivity index is 1.61. The number of carbonyl (C=O) groups is 1. The van der Waals surface area contributed by atoms with Crippen LogP contribution in [0.25, 0.3) is 10.1 Å². The maximum absolute atomic E-state index is 12.7. The first-order valence-electron chi connectivity index (χ1n) is 8.05. The van der Waals surface area contributed by atoms with Gasteiger partial charge in [0.1, 0.15) is 4.88 Å². The Kier molecular flexibility index (Phi) is 5.16. The Bertz CT molecular complexity index is 1010. The third-order valence-electron chi connectivity index (χ3n) is 4.33. The topological polar surface area (TPSA) is 45.2 Å². The van der Waals surface area contributed by atoms with Gasteiger partial charge in [-0.2, -0.15) is 0 Å². The Morgan fingerprint density at radius 1 is 1.31 bits per heavy atom. The number of thiazole rings is 1. The normalized spacial score (nSPS) is 14.6. The quantitative estimate of drug-likeness (QED) is 0.541. The molecule has 0 radical (unpaired) electrons. The van der Waals surface area contributed by atoms with Gasteiger partial charge in [-0.15, -0.1) is 22.7 Å². The lowest BCUT2D eigenvalue weighted by Crippen LogP contribution is -2.29. The fraction of sp³-hybridized carbons (Fsp3) is 0.294. The first-order valence-corrected chi connectivity index (χ1v) is 10.8. The SMILES string of the molecule is CCN1CCc2nc(NC(=O)c3sc4cc(Cl)cc(Cl)c4c3Cl)sc2C1. The van der Waals surface area contributed by atoms with Crippen molar-refractivity contribution in [3.63, 3.8) is 0 Å². The van der Waals surface area contributed by atoms with E-state index >= 15 is 0 Å². The lowest BCUT2D eigenvalue weighted by molar-refractivity contribution is 0.103. The molecule has 1 N–H and O–H groups in total. The average Bonchev–Trinajstić information content (AvgIpc) is 3.14. The molecule has 136 valence electrons. The summed E-state index contributed by atoms with van der Waals surface area (Å²) < 4.78 is 0.787. The number of fused-ring (bicyclic) bond motifs is 2. The zero-order chi connectivity index (χ0) is 18.4. The maximum atomic E-state index is 12.7. The molecule has 4 nitrogen and oxygen atoms in total. The highest BCUT2D eigenvalue weighted by molar-refractivity contribution is 7.22. The van der Waals surface area contributed by atoms with Crippen LogP contribution in [0.1, 0.15) is 27.2 Å². The minimum atomic E-state index is -0.276. The number of carbonyl (C=O) groups excluding carboxylic acids is 1. The fourth-order valence-electron chi connectivity index (χ4n) is 2.98. The molecule has 4 rings (SSSR count). The molecule has 3 aromatic rings. The van der Waals surface area contributed by atoms with Gasteiger partial charge in [-0.3, -0.25) is 15.0 Å². The van der Waals surface area contributed by atoms with Gasteiger partial charge >= 0.3 is 0 Å². The first-order chi connectivity index (χ1) is 12.5. The Morgan fingerprint density at radius 3 is 2.88 bits per heavy atom. The van der Waals surface area contributed by atoms with Crippen molar-refractivity contribution in [3.8, 4) is 0 Å². The molecule has 3 heterocycles. The second kappa shape index (κ2) is 7.26. The van der Waals surface area contributed by atoms with Crippen LogP contribution in [0.15, 0.2) is 12.1 Å². The molecule has 0 spiro atoms. The highest BCUT2D eigenvalue weighted by atomic mass is 35.5. The van der Waals surface area contributed by atoms with E-state index in [1.807, 2.05) is 0 Å². The monoisotopic (exact) mass is 445 g/mol. The molecule has 9 heteroatoms. The summed E-state index contributed by atoms with van der Waals surface area (Å²) in [7, 11) is 0. The van der Waals surface area contributed by atoms with Gasteiger partial charge in [-0.1, -0.05) is 41.7 Å². The van der Waals surface area contributed by atoms with Gasteiger partial charge in [0.05, 0.1) is 15.7 Å². The second-order valence-corrected chi connectivity index (χ2v) is 9.33. The Labute approximate surface area is 173 Å². The molecule has 1 aliphatic heterocycles. The van der Waals surface area contributed by atoms with Gasteiger partial charge in [0.15, 0.2) is 5.13 Å². The molecule has 0 unspecified atom stereocenters. The van der Waals surface area contributed by atoms with Crippen LogP contribution in [-0.2, 0) is 13.0 Å². The minimum absolute atomic E-state index is 0.276. The van der Waals surface area contributed by atoms with E-state index in [0.29, 0.717) is 30.5 Å². The van der Waals surface area contributed by atoms with Gasteiger partial charge in [-0.25, -0.2) is 4.98 Å². The van der Waals surface area contributed by atoms with E-state index < -0.39 is 0 Å².